The molecular formula is C26H36N4O4S. The van der Waals surface area contributed by atoms with Crippen molar-refractivity contribution in [1.29, 1.82) is 0 Å². The Kier molecular flexibility index (Phi) is 9.28. The van der Waals surface area contributed by atoms with E-state index < -0.39 is 23.9 Å². The van der Waals surface area contributed by atoms with Crippen LogP contribution in [0.4, 0.5) is 9.80 Å². The summed E-state index contributed by atoms with van der Waals surface area (Å²) >= 11 is 1.29. The molecule has 1 aliphatic rings. The summed E-state index contributed by atoms with van der Waals surface area (Å²) in [7, 11) is 0. The number of hydrogen-bond acceptors (Lipinski definition) is 5. The highest BCUT2D eigenvalue weighted by atomic mass is 32.1. The zero-order valence-corrected chi connectivity index (χ0v) is 21.2. The third kappa shape index (κ3) is 7.29. The largest absolute Gasteiger partial charge is 0.480 e. The van der Waals surface area contributed by atoms with Gasteiger partial charge in [-0.3, -0.25) is 14.9 Å². The highest BCUT2D eigenvalue weighted by molar-refractivity contribution is 7.16. The van der Waals surface area contributed by atoms with Crippen LogP contribution in [-0.2, 0) is 24.2 Å². The van der Waals surface area contributed by atoms with E-state index in [1.54, 1.807) is 6.07 Å². The Morgan fingerprint density at radius 1 is 1.06 bits per heavy atom. The lowest BCUT2D eigenvalue weighted by Gasteiger charge is -2.33. The van der Waals surface area contributed by atoms with Crippen LogP contribution >= 0.6 is 11.3 Å². The summed E-state index contributed by atoms with van der Waals surface area (Å²) < 4.78 is 0. The number of hydrogen-bond donors (Lipinski definition) is 5. The molecule has 8 nitrogen and oxygen atoms in total. The van der Waals surface area contributed by atoms with E-state index in [9.17, 15) is 19.5 Å². The van der Waals surface area contributed by atoms with Crippen molar-refractivity contribution in [3.05, 3.63) is 51.9 Å². The number of carbonyl (C=O) groups excluding carboxylic acids is 2. The lowest BCUT2D eigenvalue weighted by atomic mass is 9.77. The number of benzene rings is 1. The summed E-state index contributed by atoms with van der Waals surface area (Å²) in [6.07, 6.45) is 6.06. The van der Waals surface area contributed by atoms with Gasteiger partial charge in [-0.05, 0) is 47.8 Å². The number of nitrogens with two attached hydrogens (primary N) is 2. The van der Waals surface area contributed by atoms with Crippen LogP contribution < -0.4 is 22.1 Å². The number of aliphatic carboxylic acids is 1. The Bertz CT molecular complexity index is 1030. The molecule has 1 saturated carbocycles. The van der Waals surface area contributed by atoms with E-state index in [2.05, 4.69) is 24.5 Å². The van der Waals surface area contributed by atoms with Crippen LogP contribution in [0.25, 0.3) is 0 Å². The topological polar surface area (TPSA) is 148 Å². The lowest BCUT2D eigenvalue weighted by molar-refractivity contribution is -0.142. The third-order valence-corrected chi connectivity index (χ3v) is 7.97. The molecule has 0 saturated heterocycles. The maximum Gasteiger partial charge on any atom is 0.321 e. The van der Waals surface area contributed by atoms with Crippen molar-refractivity contribution < 1.29 is 19.5 Å². The van der Waals surface area contributed by atoms with Gasteiger partial charge in [-0.15, -0.1) is 11.3 Å². The second-order valence-corrected chi connectivity index (χ2v) is 10.8. The third-order valence-electron chi connectivity index (χ3n) is 6.86. The van der Waals surface area contributed by atoms with Crippen LogP contribution in [0.5, 0.6) is 0 Å². The second-order valence-electron chi connectivity index (χ2n) is 9.69. The number of anilines is 1. The molecule has 1 aliphatic carbocycles. The number of nitrogens with one attached hydrogen (secondary N) is 2. The Hall–Kier alpha value is -2.91. The van der Waals surface area contributed by atoms with Crippen molar-refractivity contribution in [2.24, 2.45) is 29.2 Å². The molecule has 1 fully saturated rings. The van der Waals surface area contributed by atoms with Crippen LogP contribution in [-0.4, -0.2) is 29.1 Å². The summed E-state index contributed by atoms with van der Waals surface area (Å²) in [5.74, 6) is -0.486. The molecule has 1 unspecified atom stereocenters. The Morgan fingerprint density at radius 3 is 2.23 bits per heavy atom. The Labute approximate surface area is 210 Å². The number of rotatable bonds is 12. The molecule has 35 heavy (non-hydrogen) atoms. The van der Waals surface area contributed by atoms with E-state index in [1.165, 1.54) is 24.2 Å². The van der Waals surface area contributed by atoms with Gasteiger partial charge in [-0.25, -0.2) is 4.79 Å². The van der Waals surface area contributed by atoms with Gasteiger partial charge in [0.05, 0.1) is 5.56 Å². The van der Waals surface area contributed by atoms with Gasteiger partial charge in [0.2, 0.25) is 0 Å². The van der Waals surface area contributed by atoms with Crippen molar-refractivity contribution in [2.45, 2.75) is 65.0 Å². The minimum absolute atomic E-state index is 0.124. The molecule has 1 aromatic heterocycles. The van der Waals surface area contributed by atoms with Crippen molar-refractivity contribution in [1.82, 2.24) is 5.32 Å². The van der Waals surface area contributed by atoms with Gasteiger partial charge in [0.15, 0.2) is 0 Å². The standard InChI is InChI=1S/C26H36N4O4S/c1-15(2)21(18-5-3-4-6-18)22(25(32)33)29-14-17-9-7-16(8-10-17)11-12-19-13-20(23(27)31)24(35-19)30-26(28)34/h7-10,13,15,18,21-22,29H,3-6,11-12,14H2,1-2H3,(H2,27,31)(H,32,33)(H3,28,30,34)/t21?,22-/m0/s1. The number of thiophene rings is 1. The number of carboxylic acids is 1. The summed E-state index contributed by atoms with van der Waals surface area (Å²) in [6, 6.07) is 8.51. The van der Waals surface area contributed by atoms with Crippen molar-refractivity contribution >= 4 is 34.2 Å². The molecule has 2 aromatic rings. The van der Waals surface area contributed by atoms with Crippen molar-refractivity contribution in [3.63, 3.8) is 0 Å². The van der Waals surface area contributed by atoms with Crippen LogP contribution in [0, 0.1) is 17.8 Å². The molecule has 7 N–H and O–H groups in total. The minimum atomic E-state index is -0.774. The van der Waals surface area contributed by atoms with Gasteiger partial charge >= 0.3 is 12.0 Å². The van der Waals surface area contributed by atoms with Gasteiger partial charge in [0.25, 0.3) is 5.91 Å². The zero-order chi connectivity index (χ0) is 25.5. The average molecular weight is 501 g/mol. The van der Waals surface area contributed by atoms with Crippen LogP contribution in [0.1, 0.15) is 65.9 Å². The number of primary amides is 2. The second kappa shape index (κ2) is 12.2. The smallest absolute Gasteiger partial charge is 0.321 e. The van der Waals surface area contributed by atoms with Crippen molar-refractivity contribution in [3.8, 4) is 0 Å². The maximum absolute atomic E-state index is 12.1. The van der Waals surface area contributed by atoms with Crippen molar-refractivity contribution in [2.75, 3.05) is 5.32 Å². The molecule has 190 valence electrons. The Morgan fingerprint density at radius 2 is 1.69 bits per heavy atom. The summed E-state index contributed by atoms with van der Waals surface area (Å²) in [5, 5.41) is 16.1. The van der Waals surface area contributed by atoms with E-state index in [0.717, 1.165) is 35.3 Å². The summed E-state index contributed by atoms with van der Waals surface area (Å²) in [6.45, 7) is 4.76. The molecule has 0 aliphatic heterocycles. The highest BCUT2D eigenvalue weighted by Gasteiger charge is 2.37. The van der Waals surface area contributed by atoms with E-state index in [-0.39, 0.29) is 11.5 Å². The quantitative estimate of drug-likeness (QED) is 0.297. The summed E-state index contributed by atoms with van der Waals surface area (Å²) in [5.41, 5.74) is 13.0. The van der Waals surface area contributed by atoms with Gasteiger partial charge in [0, 0.05) is 11.4 Å². The number of carbonyl (C=O) groups is 3. The number of urea groups is 1. The molecule has 0 radical (unpaired) electrons. The average Bonchev–Trinajstić information content (AvgIpc) is 3.45. The molecule has 0 bridgehead atoms. The molecule has 1 heterocycles. The predicted octanol–water partition coefficient (Wildman–Crippen LogP) is 4.13. The highest BCUT2D eigenvalue weighted by Crippen LogP contribution is 2.37. The molecule has 0 spiro atoms. The summed E-state index contributed by atoms with van der Waals surface area (Å²) in [4.78, 5) is 35.8. The molecule has 3 amide bonds. The first-order valence-corrected chi connectivity index (χ1v) is 13.0. The van der Waals surface area contributed by atoms with Gasteiger partial charge in [-0.1, -0.05) is 63.8 Å². The van der Waals surface area contributed by atoms with Crippen LogP contribution in [0.3, 0.4) is 0 Å². The van der Waals surface area contributed by atoms with E-state index in [4.69, 9.17) is 11.5 Å². The fourth-order valence-electron chi connectivity index (χ4n) is 5.20. The van der Waals surface area contributed by atoms with Gasteiger partial charge < -0.3 is 21.9 Å². The fourth-order valence-corrected chi connectivity index (χ4v) is 6.27. The number of aryl methyl sites for hydroxylation is 2. The molecule has 2 atom stereocenters. The molecular weight excluding hydrogens is 464 g/mol. The van der Waals surface area contributed by atoms with E-state index in [0.29, 0.717) is 29.8 Å². The first-order chi connectivity index (χ1) is 16.7. The monoisotopic (exact) mass is 500 g/mol. The first kappa shape index (κ1) is 26.7. The number of amides is 3. The van der Waals surface area contributed by atoms with E-state index in [1.807, 2.05) is 24.3 Å². The molecule has 9 heteroatoms. The van der Waals surface area contributed by atoms with Crippen LogP contribution in [0.2, 0.25) is 0 Å². The predicted molar refractivity (Wildman–Crippen MR) is 138 cm³/mol. The number of carboxylic acid groups (broad SMARTS) is 1. The maximum atomic E-state index is 12.1. The zero-order valence-electron chi connectivity index (χ0n) is 20.4. The van der Waals surface area contributed by atoms with Crippen LogP contribution in [0.15, 0.2) is 30.3 Å². The molecule has 3 rings (SSSR count). The van der Waals surface area contributed by atoms with Gasteiger partial charge in [-0.2, -0.15) is 0 Å². The SMILES string of the molecule is CC(C)C(C1CCCC1)[C@H](NCc1ccc(CCc2cc(C(N)=O)c(NC(N)=O)s2)cc1)C(=O)O. The Balaban J connectivity index is 1.59. The fraction of sp³-hybridized carbons (Fsp3) is 0.500. The van der Waals surface area contributed by atoms with E-state index >= 15 is 0 Å². The minimum Gasteiger partial charge on any atom is -0.480 e. The lowest BCUT2D eigenvalue weighted by Crippen LogP contribution is -2.47. The molecule has 1 aromatic carbocycles. The normalized spacial score (nSPS) is 15.7. The first-order valence-electron chi connectivity index (χ1n) is 12.2. The van der Waals surface area contributed by atoms with Gasteiger partial charge in [0.1, 0.15) is 11.0 Å².